The van der Waals surface area contributed by atoms with Gasteiger partial charge >= 0.3 is 0 Å². The van der Waals surface area contributed by atoms with Gasteiger partial charge in [0.25, 0.3) is 5.91 Å². The number of amides is 1. The summed E-state index contributed by atoms with van der Waals surface area (Å²) in [6.07, 6.45) is 4.68. The number of aromatic amines is 1. The van der Waals surface area contributed by atoms with Crippen molar-refractivity contribution in [2.24, 2.45) is 0 Å². The van der Waals surface area contributed by atoms with Crippen LogP contribution in [0.25, 0.3) is 11.4 Å². The van der Waals surface area contributed by atoms with E-state index in [0.717, 1.165) is 5.56 Å². The van der Waals surface area contributed by atoms with E-state index in [2.05, 4.69) is 20.3 Å². The Morgan fingerprint density at radius 2 is 1.86 bits per heavy atom. The molecule has 2 aromatic heterocycles. The molecular formula is C15H11ClN4O. The lowest BCUT2D eigenvalue weighted by Crippen LogP contribution is -2.12. The van der Waals surface area contributed by atoms with Crippen molar-refractivity contribution in [1.29, 1.82) is 0 Å². The molecule has 0 radical (unpaired) electrons. The first-order chi connectivity index (χ1) is 10.2. The minimum absolute atomic E-state index is 0.294. The number of anilines is 1. The smallest absolute Gasteiger partial charge is 0.272 e. The molecule has 0 unspecified atom stereocenters. The van der Waals surface area contributed by atoms with Gasteiger partial charge in [-0.1, -0.05) is 41.9 Å². The van der Waals surface area contributed by atoms with Crippen molar-refractivity contribution in [3.8, 4) is 11.4 Å². The first-order valence-corrected chi connectivity index (χ1v) is 6.63. The summed E-state index contributed by atoms with van der Waals surface area (Å²) in [6.45, 7) is 0. The summed E-state index contributed by atoms with van der Waals surface area (Å²) in [5.74, 6) is 0.314. The van der Waals surface area contributed by atoms with Gasteiger partial charge in [0.05, 0.1) is 23.1 Å². The second-order valence-corrected chi connectivity index (χ2v) is 4.78. The van der Waals surface area contributed by atoms with Crippen molar-refractivity contribution in [3.63, 3.8) is 0 Å². The molecule has 104 valence electrons. The first kappa shape index (κ1) is 13.3. The Morgan fingerprint density at radius 1 is 1.14 bits per heavy atom. The molecule has 0 aliphatic heterocycles. The van der Waals surface area contributed by atoms with Gasteiger partial charge in [-0.15, -0.1) is 0 Å². The van der Waals surface area contributed by atoms with E-state index in [1.807, 2.05) is 30.3 Å². The Balaban J connectivity index is 1.74. The van der Waals surface area contributed by atoms with Crippen LogP contribution in [0.2, 0.25) is 5.02 Å². The minimum atomic E-state index is -0.294. The van der Waals surface area contributed by atoms with Gasteiger partial charge in [0.2, 0.25) is 0 Å². The van der Waals surface area contributed by atoms with Crippen LogP contribution >= 0.6 is 11.6 Å². The van der Waals surface area contributed by atoms with Crippen molar-refractivity contribution < 1.29 is 4.79 Å². The van der Waals surface area contributed by atoms with Crippen LogP contribution < -0.4 is 5.32 Å². The number of nitrogens with zero attached hydrogens (tertiary/aromatic N) is 2. The van der Waals surface area contributed by atoms with Gasteiger partial charge in [-0.05, 0) is 6.07 Å². The summed E-state index contributed by atoms with van der Waals surface area (Å²) >= 11 is 5.76. The summed E-state index contributed by atoms with van der Waals surface area (Å²) in [5.41, 5.74) is 1.82. The average Bonchev–Trinajstić information content (AvgIpc) is 2.96. The number of nitrogens with one attached hydrogen (secondary N) is 2. The van der Waals surface area contributed by atoms with Crippen LogP contribution in [0.4, 0.5) is 5.69 Å². The van der Waals surface area contributed by atoms with Crippen molar-refractivity contribution >= 4 is 23.2 Å². The zero-order valence-electron chi connectivity index (χ0n) is 10.9. The number of carbonyl (C=O) groups excluding carboxylic acids is 1. The van der Waals surface area contributed by atoms with Gasteiger partial charge < -0.3 is 10.3 Å². The van der Waals surface area contributed by atoms with Crippen LogP contribution in [0.15, 0.2) is 55.0 Å². The molecule has 0 saturated carbocycles. The summed E-state index contributed by atoms with van der Waals surface area (Å²) < 4.78 is 0. The largest absolute Gasteiger partial charge is 0.356 e. The molecule has 2 heterocycles. The van der Waals surface area contributed by atoms with E-state index in [4.69, 9.17) is 11.6 Å². The zero-order chi connectivity index (χ0) is 14.7. The molecule has 1 aromatic carbocycles. The highest BCUT2D eigenvalue weighted by atomic mass is 35.5. The molecule has 6 heteroatoms. The third kappa shape index (κ3) is 3.09. The SMILES string of the molecule is O=C(Nc1cnc(-c2ccccc2)nc1)c1cc(Cl)c[nH]1. The third-order valence-electron chi connectivity index (χ3n) is 2.83. The Morgan fingerprint density at radius 3 is 2.48 bits per heavy atom. The second kappa shape index (κ2) is 5.76. The van der Waals surface area contributed by atoms with Gasteiger partial charge in [-0.25, -0.2) is 9.97 Å². The molecule has 5 nitrogen and oxygen atoms in total. The minimum Gasteiger partial charge on any atom is -0.356 e. The summed E-state index contributed by atoms with van der Waals surface area (Å²) in [7, 11) is 0. The Hall–Kier alpha value is -2.66. The molecule has 0 saturated heterocycles. The van der Waals surface area contributed by atoms with E-state index in [9.17, 15) is 4.79 Å². The van der Waals surface area contributed by atoms with E-state index >= 15 is 0 Å². The van der Waals surface area contributed by atoms with Crippen molar-refractivity contribution in [2.75, 3.05) is 5.32 Å². The predicted molar refractivity (Wildman–Crippen MR) is 81.2 cm³/mol. The van der Waals surface area contributed by atoms with E-state index in [-0.39, 0.29) is 5.91 Å². The van der Waals surface area contributed by atoms with Crippen LogP contribution in [0, 0.1) is 0 Å². The third-order valence-corrected chi connectivity index (χ3v) is 3.05. The van der Waals surface area contributed by atoms with Gasteiger partial charge in [-0.3, -0.25) is 4.79 Å². The van der Waals surface area contributed by atoms with E-state index in [1.54, 1.807) is 24.7 Å². The highest BCUT2D eigenvalue weighted by Gasteiger charge is 2.09. The molecule has 2 N–H and O–H groups in total. The van der Waals surface area contributed by atoms with Gasteiger partial charge in [0, 0.05) is 11.8 Å². The fraction of sp³-hybridized carbons (Fsp3) is 0. The fourth-order valence-corrected chi connectivity index (χ4v) is 1.99. The molecule has 0 fully saturated rings. The summed E-state index contributed by atoms with van der Waals surface area (Å²) in [6, 6.07) is 11.2. The maximum absolute atomic E-state index is 11.9. The molecule has 3 rings (SSSR count). The van der Waals surface area contributed by atoms with Crippen LogP contribution in [0.5, 0.6) is 0 Å². The number of rotatable bonds is 3. The van der Waals surface area contributed by atoms with Crippen molar-refractivity contribution in [3.05, 3.63) is 65.7 Å². The normalized spacial score (nSPS) is 10.3. The quantitative estimate of drug-likeness (QED) is 0.778. The number of halogens is 1. The average molecular weight is 299 g/mol. The second-order valence-electron chi connectivity index (χ2n) is 4.35. The number of carbonyl (C=O) groups is 1. The molecule has 0 aliphatic carbocycles. The predicted octanol–water partition coefficient (Wildman–Crippen LogP) is 3.38. The number of hydrogen-bond acceptors (Lipinski definition) is 3. The summed E-state index contributed by atoms with van der Waals surface area (Å²) in [5, 5.41) is 3.18. The monoisotopic (exact) mass is 298 g/mol. The molecule has 0 atom stereocenters. The van der Waals surface area contributed by atoms with Crippen molar-refractivity contribution in [2.45, 2.75) is 0 Å². The Labute approximate surface area is 126 Å². The Kier molecular flexibility index (Phi) is 3.66. The van der Waals surface area contributed by atoms with Crippen molar-refractivity contribution in [1.82, 2.24) is 15.0 Å². The van der Waals surface area contributed by atoms with Gasteiger partial charge in [-0.2, -0.15) is 0 Å². The molecule has 21 heavy (non-hydrogen) atoms. The molecular weight excluding hydrogens is 288 g/mol. The molecule has 0 aliphatic rings. The fourth-order valence-electron chi connectivity index (χ4n) is 1.83. The van der Waals surface area contributed by atoms with Crippen LogP contribution in [0.3, 0.4) is 0 Å². The van der Waals surface area contributed by atoms with Gasteiger partial charge in [0.15, 0.2) is 5.82 Å². The summed E-state index contributed by atoms with van der Waals surface area (Å²) in [4.78, 5) is 23.2. The highest BCUT2D eigenvalue weighted by Crippen LogP contribution is 2.16. The maximum atomic E-state index is 11.9. The van der Waals surface area contributed by atoms with Crippen LogP contribution in [-0.4, -0.2) is 20.9 Å². The first-order valence-electron chi connectivity index (χ1n) is 6.25. The lowest BCUT2D eigenvalue weighted by molar-refractivity contribution is 0.102. The number of H-pyrrole nitrogens is 1. The molecule has 0 spiro atoms. The highest BCUT2D eigenvalue weighted by molar-refractivity contribution is 6.31. The zero-order valence-corrected chi connectivity index (χ0v) is 11.6. The number of benzene rings is 1. The topological polar surface area (TPSA) is 70.7 Å². The lowest BCUT2D eigenvalue weighted by atomic mass is 10.2. The molecule has 0 bridgehead atoms. The van der Waals surface area contributed by atoms with E-state index in [1.165, 1.54) is 0 Å². The van der Waals surface area contributed by atoms with Crippen LogP contribution in [0.1, 0.15) is 10.5 Å². The number of aromatic nitrogens is 3. The van der Waals surface area contributed by atoms with E-state index < -0.39 is 0 Å². The lowest BCUT2D eigenvalue weighted by Gasteiger charge is -2.04. The maximum Gasteiger partial charge on any atom is 0.272 e. The van der Waals surface area contributed by atoms with Crippen LogP contribution in [-0.2, 0) is 0 Å². The van der Waals surface area contributed by atoms with Gasteiger partial charge in [0.1, 0.15) is 5.69 Å². The van der Waals surface area contributed by atoms with E-state index in [0.29, 0.717) is 22.2 Å². The standard InChI is InChI=1S/C15H11ClN4O/c16-11-6-13(17-7-11)15(21)20-12-8-18-14(19-9-12)10-4-2-1-3-5-10/h1-9,17H,(H,20,21). The molecule has 1 amide bonds. The number of hydrogen-bond donors (Lipinski definition) is 2. The molecule has 3 aromatic rings. The Bertz CT molecular complexity index is 753.